The van der Waals surface area contributed by atoms with E-state index in [0.29, 0.717) is 0 Å². The zero-order valence-electron chi connectivity index (χ0n) is 26.4. The molecule has 1 aliphatic carbocycles. The van der Waals surface area contributed by atoms with Gasteiger partial charge in [0, 0.05) is 0 Å². The summed E-state index contributed by atoms with van der Waals surface area (Å²) < 4.78 is 14.2. The zero-order valence-corrected chi connectivity index (χ0v) is 26.4. The molecule has 0 amide bonds. The van der Waals surface area contributed by atoms with E-state index in [-0.39, 0.29) is 11.2 Å². The summed E-state index contributed by atoms with van der Waals surface area (Å²) in [5.41, 5.74) is 8.35. The third-order valence-electron chi connectivity index (χ3n) is 9.50. The Bertz CT molecular complexity index is 2450. The highest BCUT2D eigenvalue weighted by Crippen LogP contribution is 2.44. The number of hydrogen-bond acceptors (Lipinski definition) is 0. The van der Waals surface area contributed by atoms with Crippen molar-refractivity contribution in [2.45, 2.75) is 32.6 Å². The zero-order chi connectivity index (χ0) is 31.4. The van der Waals surface area contributed by atoms with Gasteiger partial charge in [-0.3, -0.25) is 0 Å². The fraction of sp³-hybridized carbons (Fsp3) is 0.111. The first-order valence-electron chi connectivity index (χ1n) is 16.1. The third kappa shape index (κ3) is 4.75. The molecule has 1 aliphatic rings. The van der Waals surface area contributed by atoms with E-state index in [2.05, 4.69) is 142 Å². The first-order chi connectivity index (χ1) is 22.4. The van der Waals surface area contributed by atoms with E-state index in [1.807, 2.05) is 12.1 Å². The van der Waals surface area contributed by atoms with Gasteiger partial charge in [-0.2, -0.15) is 0 Å². The first kappa shape index (κ1) is 28.2. The standard InChI is InChI=1S/C45H35F/c1-45(2,3)33-22-17-29(18-23-33)31-21-26-40-42(27-31)43(30-19-24-34(46)25-20-30)38-15-9-10-16-39(38)44(40)41-28-32-11-7-8-12-35(32)36-13-5-4-6-14-37(36)41/h4,6-28H,5H2,1-3H3. The summed E-state index contributed by atoms with van der Waals surface area (Å²) in [4.78, 5) is 0. The Morgan fingerprint density at radius 3 is 1.91 bits per heavy atom. The highest BCUT2D eigenvalue weighted by Gasteiger charge is 2.20. The molecule has 0 spiro atoms. The summed E-state index contributed by atoms with van der Waals surface area (Å²) in [5.74, 6) is -0.229. The number of hydrogen-bond donors (Lipinski definition) is 0. The molecule has 0 nitrogen and oxygen atoms in total. The van der Waals surface area contributed by atoms with Crippen molar-refractivity contribution in [2.75, 3.05) is 0 Å². The van der Waals surface area contributed by atoms with Crippen LogP contribution in [0.1, 0.15) is 32.8 Å². The van der Waals surface area contributed by atoms with E-state index in [4.69, 9.17) is 0 Å². The summed E-state index contributed by atoms with van der Waals surface area (Å²) in [6.07, 6.45) is 9.96. The maximum absolute atomic E-state index is 14.2. The van der Waals surface area contributed by atoms with Crippen molar-refractivity contribution in [1.29, 1.82) is 0 Å². The average molecular weight is 595 g/mol. The number of halogens is 1. The molecular weight excluding hydrogens is 559 g/mol. The van der Waals surface area contributed by atoms with Crippen molar-refractivity contribution in [2.24, 2.45) is 0 Å². The van der Waals surface area contributed by atoms with Gasteiger partial charge >= 0.3 is 0 Å². The van der Waals surface area contributed by atoms with Gasteiger partial charge in [-0.05, 0) is 118 Å². The molecule has 222 valence electrons. The van der Waals surface area contributed by atoms with Crippen LogP contribution in [0, 0.1) is 5.82 Å². The molecule has 7 aromatic rings. The van der Waals surface area contributed by atoms with Crippen LogP contribution in [-0.4, -0.2) is 0 Å². The van der Waals surface area contributed by atoms with Crippen molar-refractivity contribution in [3.8, 4) is 33.4 Å². The minimum absolute atomic E-state index is 0.0903. The first-order valence-corrected chi connectivity index (χ1v) is 16.1. The molecule has 0 saturated carbocycles. The molecule has 46 heavy (non-hydrogen) atoms. The molecule has 0 fully saturated rings. The lowest BCUT2D eigenvalue weighted by molar-refractivity contribution is 0.590. The van der Waals surface area contributed by atoms with E-state index in [1.165, 1.54) is 54.2 Å². The molecule has 7 aromatic carbocycles. The molecule has 0 atom stereocenters. The van der Waals surface area contributed by atoms with Gasteiger partial charge in [0.1, 0.15) is 5.82 Å². The van der Waals surface area contributed by atoms with Crippen LogP contribution in [0.3, 0.4) is 0 Å². The lowest BCUT2D eigenvalue weighted by Crippen LogP contribution is -2.27. The number of fused-ring (bicyclic) bond motifs is 5. The molecule has 0 radical (unpaired) electrons. The Kier molecular flexibility index (Phi) is 6.73. The number of allylic oxidation sites excluding steroid dienone is 2. The van der Waals surface area contributed by atoms with Gasteiger partial charge in [0.2, 0.25) is 0 Å². The molecule has 0 N–H and O–H groups in total. The van der Waals surface area contributed by atoms with E-state index in [9.17, 15) is 4.39 Å². The summed E-state index contributed by atoms with van der Waals surface area (Å²) in [7, 11) is 0. The second kappa shape index (κ2) is 11.0. The van der Waals surface area contributed by atoms with Crippen LogP contribution in [0.25, 0.3) is 77.9 Å². The van der Waals surface area contributed by atoms with E-state index < -0.39 is 0 Å². The average Bonchev–Trinajstić information content (AvgIpc) is 3.34. The summed E-state index contributed by atoms with van der Waals surface area (Å²) in [6.45, 7) is 6.74. The number of benzene rings is 7. The highest BCUT2D eigenvalue weighted by molar-refractivity contribution is 6.22. The van der Waals surface area contributed by atoms with Crippen LogP contribution in [0.4, 0.5) is 4.39 Å². The van der Waals surface area contributed by atoms with Gasteiger partial charge in [-0.25, -0.2) is 4.39 Å². The van der Waals surface area contributed by atoms with E-state index in [1.54, 1.807) is 12.1 Å². The molecule has 0 unspecified atom stereocenters. The van der Waals surface area contributed by atoms with Crippen molar-refractivity contribution in [3.63, 3.8) is 0 Å². The SMILES string of the molecule is CC(C)(C)c1ccc(-c2ccc3c(-c4cc5ccccc5c5c4=CC=CCC=5)c4ccccc4c(-c4ccc(F)cc4)c3c2)cc1. The molecule has 0 bridgehead atoms. The maximum atomic E-state index is 14.2. The molecule has 1 heteroatoms. The third-order valence-corrected chi connectivity index (χ3v) is 9.50. The van der Waals surface area contributed by atoms with Crippen molar-refractivity contribution in [1.82, 2.24) is 0 Å². The second-order valence-electron chi connectivity index (χ2n) is 13.4. The Labute approximate surface area is 269 Å². The number of rotatable bonds is 3. The normalized spacial score (nSPS) is 13.0. The summed E-state index contributed by atoms with van der Waals surface area (Å²) in [6, 6.07) is 42.6. The van der Waals surface area contributed by atoms with Crippen LogP contribution in [-0.2, 0) is 5.41 Å². The van der Waals surface area contributed by atoms with Crippen LogP contribution in [0.15, 0.2) is 133 Å². The van der Waals surface area contributed by atoms with E-state index in [0.717, 1.165) is 33.9 Å². The Morgan fingerprint density at radius 2 is 1.17 bits per heavy atom. The Hall–Kier alpha value is -5.27. The summed E-state index contributed by atoms with van der Waals surface area (Å²) >= 11 is 0. The second-order valence-corrected chi connectivity index (χ2v) is 13.4. The van der Waals surface area contributed by atoms with Crippen molar-refractivity contribution < 1.29 is 4.39 Å². The summed E-state index contributed by atoms with van der Waals surface area (Å²) in [5, 5.41) is 9.74. The lowest BCUT2D eigenvalue weighted by atomic mass is 9.83. The van der Waals surface area contributed by atoms with Gasteiger partial charge in [0.05, 0.1) is 0 Å². The molecule has 0 saturated heterocycles. The monoisotopic (exact) mass is 594 g/mol. The van der Waals surface area contributed by atoms with Crippen LogP contribution >= 0.6 is 0 Å². The predicted molar refractivity (Wildman–Crippen MR) is 196 cm³/mol. The van der Waals surface area contributed by atoms with Crippen molar-refractivity contribution >= 4 is 44.5 Å². The Balaban J connectivity index is 1.51. The maximum Gasteiger partial charge on any atom is 0.123 e. The van der Waals surface area contributed by atoms with Crippen LogP contribution in [0.5, 0.6) is 0 Å². The smallest absolute Gasteiger partial charge is 0.123 e. The molecule has 0 aliphatic heterocycles. The topological polar surface area (TPSA) is 0 Å². The quantitative estimate of drug-likeness (QED) is 0.179. The minimum Gasteiger partial charge on any atom is -0.207 e. The van der Waals surface area contributed by atoms with Crippen molar-refractivity contribution in [3.05, 3.63) is 155 Å². The van der Waals surface area contributed by atoms with Gasteiger partial charge in [0.25, 0.3) is 0 Å². The fourth-order valence-electron chi connectivity index (χ4n) is 7.16. The lowest BCUT2D eigenvalue weighted by Gasteiger charge is -2.20. The van der Waals surface area contributed by atoms with E-state index >= 15 is 0 Å². The van der Waals surface area contributed by atoms with Gasteiger partial charge in [-0.15, -0.1) is 0 Å². The van der Waals surface area contributed by atoms with Crippen LogP contribution < -0.4 is 10.4 Å². The fourth-order valence-corrected chi connectivity index (χ4v) is 7.16. The minimum atomic E-state index is -0.229. The Morgan fingerprint density at radius 1 is 0.543 bits per heavy atom. The predicted octanol–water partition coefficient (Wildman–Crippen LogP) is 11.1. The highest BCUT2D eigenvalue weighted by atomic mass is 19.1. The van der Waals surface area contributed by atoms with Crippen LogP contribution in [0.2, 0.25) is 0 Å². The largest absolute Gasteiger partial charge is 0.207 e. The molecule has 8 rings (SSSR count). The molecule has 0 heterocycles. The van der Waals surface area contributed by atoms with Gasteiger partial charge in [0.15, 0.2) is 0 Å². The molecular formula is C45H35F. The molecule has 0 aromatic heterocycles. The van der Waals surface area contributed by atoms with Gasteiger partial charge < -0.3 is 0 Å². The van der Waals surface area contributed by atoms with Gasteiger partial charge in [-0.1, -0.05) is 142 Å².